The van der Waals surface area contributed by atoms with Crippen molar-refractivity contribution in [1.82, 2.24) is 5.01 Å². The molecule has 1 heterocycles. The van der Waals surface area contributed by atoms with Gasteiger partial charge in [0.05, 0.1) is 0 Å². The second kappa shape index (κ2) is 2.98. The number of aliphatic hydroxyl groups excluding tert-OH is 1. The monoisotopic (exact) mass is 170 g/mol. The van der Waals surface area contributed by atoms with Crippen molar-refractivity contribution in [2.75, 3.05) is 19.7 Å². The number of hydrogen-bond acceptors (Lipinski definition) is 3. The summed E-state index contributed by atoms with van der Waals surface area (Å²) >= 11 is 0. The molecule has 1 saturated heterocycles. The maximum Gasteiger partial charge on any atom is 0.0477 e. The molecule has 0 radical (unpaired) electrons. The fourth-order valence-corrected chi connectivity index (χ4v) is 2.97. The van der Waals surface area contributed by atoms with E-state index >= 15 is 0 Å². The summed E-state index contributed by atoms with van der Waals surface area (Å²) in [5.74, 6) is 6.21. The molecule has 1 aliphatic heterocycles. The topological polar surface area (TPSA) is 49.5 Å². The molecule has 3 N–H and O–H groups in total. The lowest BCUT2D eigenvalue weighted by atomic mass is 9.77. The maximum absolute atomic E-state index is 9.23. The van der Waals surface area contributed by atoms with Gasteiger partial charge in [0.25, 0.3) is 0 Å². The summed E-state index contributed by atoms with van der Waals surface area (Å²) in [7, 11) is 0. The number of aliphatic hydroxyl groups is 1. The van der Waals surface area contributed by atoms with Gasteiger partial charge in [-0.1, -0.05) is 12.8 Å². The van der Waals surface area contributed by atoms with E-state index < -0.39 is 0 Å². The van der Waals surface area contributed by atoms with Crippen LogP contribution in [0.3, 0.4) is 0 Å². The van der Waals surface area contributed by atoms with Gasteiger partial charge >= 0.3 is 0 Å². The SMILES string of the molecule is NN1CC(CO)C2(CCCC2)C1. The molecule has 70 valence electrons. The lowest BCUT2D eigenvalue weighted by Crippen LogP contribution is -2.31. The molecule has 0 aromatic carbocycles. The predicted octanol–water partition coefficient (Wildman–Crippen LogP) is 0.345. The summed E-state index contributed by atoms with van der Waals surface area (Å²) in [4.78, 5) is 0. The Bertz CT molecular complexity index is 166. The number of nitrogens with zero attached hydrogens (tertiary/aromatic N) is 1. The Morgan fingerprint density at radius 1 is 1.42 bits per heavy atom. The van der Waals surface area contributed by atoms with Gasteiger partial charge in [0.2, 0.25) is 0 Å². The molecule has 2 fully saturated rings. The zero-order valence-electron chi connectivity index (χ0n) is 7.50. The Hall–Kier alpha value is -0.120. The lowest BCUT2D eigenvalue weighted by molar-refractivity contribution is 0.137. The molecule has 12 heavy (non-hydrogen) atoms. The second-order valence-electron chi connectivity index (χ2n) is 4.38. The first-order chi connectivity index (χ1) is 5.77. The quantitative estimate of drug-likeness (QED) is 0.558. The minimum Gasteiger partial charge on any atom is -0.396 e. The molecule has 1 atom stereocenters. The predicted molar refractivity (Wildman–Crippen MR) is 47.2 cm³/mol. The third-order valence-corrected chi connectivity index (χ3v) is 3.66. The number of hydrogen-bond donors (Lipinski definition) is 2. The summed E-state index contributed by atoms with van der Waals surface area (Å²) in [5.41, 5.74) is 0.378. The zero-order valence-corrected chi connectivity index (χ0v) is 7.50. The second-order valence-corrected chi connectivity index (χ2v) is 4.38. The summed E-state index contributed by atoms with van der Waals surface area (Å²) in [6.07, 6.45) is 5.19. The van der Waals surface area contributed by atoms with Crippen molar-refractivity contribution < 1.29 is 5.11 Å². The van der Waals surface area contributed by atoms with Crippen LogP contribution in [0.5, 0.6) is 0 Å². The Balaban J connectivity index is 2.11. The zero-order chi connectivity index (χ0) is 8.60. The summed E-state index contributed by atoms with van der Waals surface area (Å²) < 4.78 is 0. The van der Waals surface area contributed by atoms with Crippen LogP contribution in [0.2, 0.25) is 0 Å². The molecule has 2 rings (SSSR count). The molecular weight excluding hydrogens is 152 g/mol. The molecular formula is C9H18N2O. The van der Waals surface area contributed by atoms with Crippen molar-refractivity contribution in [3.8, 4) is 0 Å². The van der Waals surface area contributed by atoms with Gasteiger partial charge in [-0.3, -0.25) is 5.84 Å². The molecule has 0 bridgehead atoms. The third kappa shape index (κ3) is 1.16. The van der Waals surface area contributed by atoms with Crippen molar-refractivity contribution in [2.45, 2.75) is 25.7 Å². The van der Waals surface area contributed by atoms with Crippen molar-refractivity contribution >= 4 is 0 Å². The van der Waals surface area contributed by atoms with Gasteiger partial charge in [-0.15, -0.1) is 0 Å². The van der Waals surface area contributed by atoms with Crippen molar-refractivity contribution in [1.29, 1.82) is 0 Å². The van der Waals surface area contributed by atoms with E-state index in [1.807, 2.05) is 5.01 Å². The minimum atomic E-state index is 0.313. The van der Waals surface area contributed by atoms with Crippen LogP contribution in [-0.4, -0.2) is 29.8 Å². The standard InChI is InChI=1S/C9H18N2O/c10-11-5-8(6-12)9(7-11)3-1-2-4-9/h8,12H,1-7,10H2. The van der Waals surface area contributed by atoms with E-state index in [0.717, 1.165) is 13.1 Å². The normalized spacial score (nSPS) is 35.0. The van der Waals surface area contributed by atoms with E-state index in [2.05, 4.69) is 0 Å². The van der Waals surface area contributed by atoms with E-state index in [-0.39, 0.29) is 0 Å². The molecule has 1 spiro atoms. The van der Waals surface area contributed by atoms with Gasteiger partial charge < -0.3 is 5.11 Å². The highest BCUT2D eigenvalue weighted by atomic mass is 16.3. The van der Waals surface area contributed by atoms with Gasteiger partial charge in [0.15, 0.2) is 0 Å². The average molecular weight is 170 g/mol. The first kappa shape index (κ1) is 8.48. The largest absolute Gasteiger partial charge is 0.396 e. The van der Waals surface area contributed by atoms with E-state index in [1.165, 1.54) is 25.7 Å². The fraction of sp³-hybridized carbons (Fsp3) is 1.00. The van der Waals surface area contributed by atoms with Gasteiger partial charge in [0.1, 0.15) is 0 Å². The van der Waals surface area contributed by atoms with Crippen LogP contribution < -0.4 is 5.84 Å². The van der Waals surface area contributed by atoms with E-state index in [4.69, 9.17) is 5.84 Å². The van der Waals surface area contributed by atoms with Crippen LogP contribution in [0.4, 0.5) is 0 Å². The van der Waals surface area contributed by atoms with Gasteiger partial charge in [-0.2, -0.15) is 0 Å². The first-order valence-electron chi connectivity index (χ1n) is 4.87. The first-order valence-corrected chi connectivity index (χ1v) is 4.87. The number of rotatable bonds is 1. The Morgan fingerprint density at radius 3 is 2.67 bits per heavy atom. The molecule has 0 amide bonds. The molecule has 3 nitrogen and oxygen atoms in total. The summed E-state index contributed by atoms with van der Waals surface area (Å²) in [6, 6.07) is 0. The number of hydrazine groups is 1. The lowest BCUT2D eigenvalue weighted by Gasteiger charge is -2.28. The van der Waals surface area contributed by atoms with Crippen LogP contribution >= 0.6 is 0 Å². The van der Waals surface area contributed by atoms with Gasteiger partial charge in [-0.25, -0.2) is 5.01 Å². The van der Waals surface area contributed by atoms with E-state index in [0.29, 0.717) is 17.9 Å². The highest BCUT2D eigenvalue weighted by Crippen LogP contribution is 2.47. The Morgan fingerprint density at radius 2 is 2.08 bits per heavy atom. The Kier molecular flexibility index (Phi) is 2.10. The molecule has 1 aliphatic carbocycles. The highest BCUT2D eigenvalue weighted by Gasteiger charge is 2.46. The smallest absolute Gasteiger partial charge is 0.0477 e. The molecule has 0 aromatic rings. The van der Waals surface area contributed by atoms with Crippen LogP contribution in [0.1, 0.15) is 25.7 Å². The molecule has 2 aliphatic rings. The molecule has 0 aromatic heterocycles. The molecule has 3 heteroatoms. The molecule has 1 saturated carbocycles. The van der Waals surface area contributed by atoms with Gasteiger partial charge in [0, 0.05) is 25.6 Å². The van der Waals surface area contributed by atoms with Crippen molar-refractivity contribution in [2.24, 2.45) is 17.2 Å². The molecule has 1 unspecified atom stereocenters. The van der Waals surface area contributed by atoms with Crippen LogP contribution in [-0.2, 0) is 0 Å². The van der Waals surface area contributed by atoms with Crippen LogP contribution in [0.15, 0.2) is 0 Å². The fourth-order valence-electron chi connectivity index (χ4n) is 2.97. The number of nitrogens with two attached hydrogens (primary N) is 1. The third-order valence-electron chi connectivity index (χ3n) is 3.66. The maximum atomic E-state index is 9.23. The van der Waals surface area contributed by atoms with Crippen molar-refractivity contribution in [3.05, 3.63) is 0 Å². The van der Waals surface area contributed by atoms with Crippen molar-refractivity contribution in [3.63, 3.8) is 0 Å². The van der Waals surface area contributed by atoms with Crippen LogP contribution in [0.25, 0.3) is 0 Å². The average Bonchev–Trinajstić information content (AvgIpc) is 2.60. The Labute approximate surface area is 73.5 Å². The summed E-state index contributed by atoms with van der Waals surface area (Å²) in [5, 5.41) is 11.1. The van der Waals surface area contributed by atoms with E-state index in [1.54, 1.807) is 0 Å². The minimum absolute atomic E-state index is 0.313. The highest BCUT2D eigenvalue weighted by molar-refractivity contribution is 4.97. The van der Waals surface area contributed by atoms with Gasteiger partial charge in [-0.05, 0) is 18.3 Å². The van der Waals surface area contributed by atoms with E-state index in [9.17, 15) is 5.11 Å². The van der Waals surface area contributed by atoms with Crippen LogP contribution in [0, 0.1) is 11.3 Å². The summed E-state index contributed by atoms with van der Waals surface area (Å²) in [6.45, 7) is 2.20.